The van der Waals surface area contributed by atoms with Crippen molar-refractivity contribution >= 4 is 35.3 Å². The molecular formula is C30H24N2O5. The number of nitrogens with zero attached hydrogens (tertiary/aromatic N) is 2. The molecule has 37 heavy (non-hydrogen) atoms. The maximum absolute atomic E-state index is 13.9. The predicted molar refractivity (Wildman–Crippen MR) is 136 cm³/mol. The second-order valence-electron chi connectivity index (χ2n) is 9.34. The summed E-state index contributed by atoms with van der Waals surface area (Å²) in [5.41, 5.74) is 3.09. The minimum atomic E-state index is -0.842. The highest BCUT2D eigenvalue weighted by Gasteiger charge is 2.64. The Labute approximate surface area is 213 Å². The molecule has 3 aromatic carbocycles. The number of carbonyl (C=O) groups excluding carboxylic acids is 4. The standard InChI is InChI=1S/C30H24N2O5/c1-2-37-30(36)20-12-14-21(15-13-20)32-28(34)23-24(29(32)35)26(27(33)19-9-4-3-5-10-19)31-17-16-18-8-6-7-11-22(18)25(23)31/h3-17,23-26H,2H2,1H3. The third-order valence-electron chi connectivity index (χ3n) is 7.43. The number of ketones is 1. The van der Waals surface area contributed by atoms with Gasteiger partial charge in [0.05, 0.1) is 35.7 Å². The molecular weight excluding hydrogens is 468 g/mol. The van der Waals surface area contributed by atoms with E-state index < -0.39 is 35.8 Å². The minimum absolute atomic E-state index is 0.192. The Hall–Kier alpha value is -4.52. The molecule has 0 aliphatic carbocycles. The van der Waals surface area contributed by atoms with Crippen molar-refractivity contribution in [1.82, 2.24) is 4.90 Å². The van der Waals surface area contributed by atoms with Gasteiger partial charge in [-0.2, -0.15) is 0 Å². The van der Waals surface area contributed by atoms with E-state index in [-0.39, 0.29) is 18.3 Å². The number of esters is 1. The van der Waals surface area contributed by atoms with Crippen molar-refractivity contribution in [3.8, 4) is 0 Å². The van der Waals surface area contributed by atoms with Crippen LogP contribution in [-0.2, 0) is 14.3 Å². The first-order valence-electron chi connectivity index (χ1n) is 12.3. The van der Waals surface area contributed by atoms with Gasteiger partial charge in [0.1, 0.15) is 6.04 Å². The largest absolute Gasteiger partial charge is 0.462 e. The van der Waals surface area contributed by atoms with Crippen LogP contribution in [0, 0.1) is 11.8 Å². The lowest BCUT2D eigenvalue weighted by molar-refractivity contribution is -0.123. The van der Waals surface area contributed by atoms with E-state index in [4.69, 9.17) is 4.74 Å². The van der Waals surface area contributed by atoms with Crippen LogP contribution in [0.3, 0.4) is 0 Å². The number of carbonyl (C=O) groups is 4. The summed E-state index contributed by atoms with van der Waals surface area (Å²) in [5.74, 6) is -2.98. The lowest BCUT2D eigenvalue weighted by atomic mass is 9.83. The van der Waals surface area contributed by atoms with E-state index in [9.17, 15) is 19.2 Å². The number of fused-ring (bicyclic) bond motifs is 5. The zero-order valence-electron chi connectivity index (χ0n) is 20.1. The number of Topliss-reactive ketones (excluding diaryl/α,β-unsaturated/α-hetero) is 1. The van der Waals surface area contributed by atoms with Crippen LogP contribution in [0.25, 0.3) is 6.08 Å². The van der Waals surface area contributed by atoms with Gasteiger partial charge < -0.3 is 9.64 Å². The molecule has 0 bridgehead atoms. The van der Waals surface area contributed by atoms with Crippen molar-refractivity contribution in [2.24, 2.45) is 11.8 Å². The summed E-state index contributed by atoms with van der Waals surface area (Å²) in [6, 6.07) is 21.6. The number of anilines is 1. The highest BCUT2D eigenvalue weighted by atomic mass is 16.5. The van der Waals surface area contributed by atoms with Crippen LogP contribution in [0.2, 0.25) is 0 Å². The zero-order chi connectivity index (χ0) is 25.7. The van der Waals surface area contributed by atoms with Gasteiger partial charge in [-0.15, -0.1) is 0 Å². The predicted octanol–water partition coefficient (Wildman–Crippen LogP) is 4.26. The second kappa shape index (κ2) is 8.85. The van der Waals surface area contributed by atoms with Gasteiger partial charge >= 0.3 is 5.97 Å². The van der Waals surface area contributed by atoms with Crippen LogP contribution in [0.5, 0.6) is 0 Å². The quantitative estimate of drug-likeness (QED) is 0.301. The van der Waals surface area contributed by atoms with Crippen molar-refractivity contribution in [2.75, 3.05) is 11.5 Å². The Morgan fingerprint density at radius 2 is 1.49 bits per heavy atom. The van der Waals surface area contributed by atoms with Crippen LogP contribution in [0.15, 0.2) is 85.1 Å². The third kappa shape index (κ3) is 3.49. The highest BCUT2D eigenvalue weighted by Crippen LogP contribution is 2.53. The highest BCUT2D eigenvalue weighted by molar-refractivity contribution is 6.24. The molecule has 0 spiro atoms. The van der Waals surface area contributed by atoms with Gasteiger partial charge in [0.15, 0.2) is 5.78 Å². The van der Waals surface area contributed by atoms with E-state index in [1.807, 2.05) is 47.5 Å². The molecule has 2 saturated heterocycles. The average molecular weight is 493 g/mol. The van der Waals surface area contributed by atoms with E-state index in [1.165, 1.54) is 4.90 Å². The fourth-order valence-corrected chi connectivity index (χ4v) is 5.85. The molecule has 3 heterocycles. The molecule has 0 aromatic heterocycles. The Balaban J connectivity index is 1.43. The summed E-state index contributed by atoms with van der Waals surface area (Å²) >= 11 is 0. The third-order valence-corrected chi connectivity index (χ3v) is 7.43. The van der Waals surface area contributed by atoms with Crippen molar-refractivity contribution in [3.63, 3.8) is 0 Å². The lowest BCUT2D eigenvalue weighted by Gasteiger charge is -2.35. The summed E-state index contributed by atoms with van der Waals surface area (Å²) < 4.78 is 5.04. The van der Waals surface area contributed by atoms with Gasteiger partial charge in [-0.1, -0.05) is 54.6 Å². The smallest absolute Gasteiger partial charge is 0.338 e. The second-order valence-corrected chi connectivity index (χ2v) is 9.34. The summed E-state index contributed by atoms with van der Waals surface area (Å²) in [4.78, 5) is 56.8. The minimum Gasteiger partial charge on any atom is -0.462 e. The monoisotopic (exact) mass is 492 g/mol. The number of amides is 2. The van der Waals surface area contributed by atoms with Gasteiger partial charge in [-0.25, -0.2) is 9.69 Å². The fraction of sp³-hybridized carbons (Fsp3) is 0.200. The van der Waals surface area contributed by atoms with E-state index in [1.54, 1.807) is 55.5 Å². The molecule has 0 N–H and O–H groups in total. The molecule has 6 rings (SSSR count). The van der Waals surface area contributed by atoms with Crippen molar-refractivity contribution < 1.29 is 23.9 Å². The molecule has 3 aromatic rings. The van der Waals surface area contributed by atoms with Gasteiger partial charge in [0.25, 0.3) is 0 Å². The summed E-state index contributed by atoms with van der Waals surface area (Å²) in [5, 5.41) is 0. The van der Waals surface area contributed by atoms with Gasteiger partial charge in [-0.3, -0.25) is 14.4 Å². The SMILES string of the molecule is CCOC(=O)c1ccc(N2C(=O)C3C(C2=O)C2c4ccccc4C=CN2C3C(=O)c2ccccc2)cc1. The Kier molecular flexibility index (Phi) is 5.48. The van der Waals surface area contributed by atoms with Crippen LogP contribution in [-0.4, -0.2) is 41.1 Å². The molecule has 7 heteroatoms. The number of hydrogen-bond donors (Lipinski definition) is 0. The molecule has 7 nitrogen and oxygen atoms in total. The van der Waals surface area contributed by atoms with Gasteiger partial charge in [0, 0.05) is 11.8 Å². The van der Waals surface area contributed by atoms with Crippen molar-refractivity contribution in [3.05, 3.63) is 107 Å². The number of hydrogen-bond acceptors (Lipinski definition) is 6. The van der Waals surface area contributed by atoms with Crippen LogP contribution < -0.4 is 4.90 Å². The van der Waals surface area contributed by atoms with Gasteiger partial charge in [0.2, 0.25) is 11.8 Å². The number of imide groups is 1. The summed E-state index contributed by atoms with van der Waals surface area (Å²) in [6.45, 7) is 1.97. The maximum Gasteiger partial charge on any atom is 0.338 e. The van der Waals surface area contributed by atoms with Crippen LogP contribution in [0.1, 0.15) is 44.8 Å². The Bertz CT molecular complexity index is 1450. The maximum atomic E-state index is 13.9. The lowest BCUT2D eigenvalue weighted by Crippen LogP contribution is -2.44. The zero-order valence-corrected chi connectivity index (χ0v) is 20.1. The fourth-order valence-electron chi connectivity index (χ4n) is 5.85. The number of rotatable bonds is 5. The van der Waals surface area contributed by atoms with E-state index >= 15 is 0 Å². The first-order chi connectivity index (χ1) is 18.0. The van der Waals surface area contributed by atoms with Crippen molar-refractivity contribution in [1.29, 1.82) is 0 Å². The summed E-state index contributed by atoms with van der Waals surface area (Å²) in [7, 11) is 0. The first kappa shape index (κ1) is 22.9. The molecule has 4 unspecified atom stereocenters. The summed E-state index contributed by atoms with van der Waals surface area (Å²) in [6.07, 6.45) is 3.77. The molecule has 4 atom stereocenters. The van der Waals surface area contributed by atoms with Gasteiger partial charge in [-0.05, 0) is 48.4 Å². The van der Waals surface area contributed by atoms with E-state index in [0.29, 0.717) is 16.8 Å². The molecule has 3 aliphatic heterocycles. The molecule has 0 radical (unpaired) electrons. The Morgan fingerprint density at radius 1 is 0.811 bits per heavy atom. The molecule has 2 fully saturated rings. The molecule has 184 valence electrons. The Morgan fingerprint density at radius 3 is 2.22 bits per heavy atom. The van der Waals surface area contributed by atoms with Crippen LogP contribution >= 0.6 is 0 Å². The number of ether oxygens (including phenoxy) is 1. The molecule has 2 amide bonds. The topological polar surface area (TPSA) is 84.0 Å². The molecule has 3 aliphatic rings. The van der Waals surface area contributed by atoms with Crippen molar-refractivity contribution in [2.45, 2.75) is 19.0 Å². The molecule has 0 saturated carbocycles. The number of benzene rings is 3. The first-order valence-corrected chi connectivity index (χ1v) is 12.3. The van der Waals surface area contributed by atoms with E-state index in [0.717, 1.165) is 11.1 Å². The average Bonchev–Trinajstić information content (AvgIpc) is 3.41. The van der Waals surface area contributed by atoms with E-state index in [2.05, 4.69) is 0 Å². The van der Waals surface area contributed by atoms with Crippen LogP contribution in [0.4, 0.5) is 5.69 Å². The normalized spacial score (nSPS) is 23.5.